The van der Waals surface area contributed by atoms with Crippen molar-refractivity contribution in [1.29, 1.82) is 0 Å². The highest BCUT2D eigenvalue weighted by molar-refractivity contribution is 6.31. The van der Waals surface area contributed by atoms with Gasteiger partial charge in [-0.25, -0.2) is 0 Å². The highest BCUT2D eigenvalue weighted by Gasteiger charge is 2.44. The van der Waals surface area contributed by atoms with Crippen LogP contribution >= 0.6 is 11.6 Å². The quantitative estimate of drug-likeness (QED) is 0.853. The number of methoxy groups -OCH3 is 1. The molecular formula is C15H22ClNO. The maximum Gasteiger partial charge on any atom is 0.0834 e. The summed E-state index contributed by atoms with van der Waals surface area (Å²) in [5.41, 5.74) is 1.21. The van der Waals surface area contributed by atoms with Crippen molar-refractivity contribution < 1.29 is 4.74 Å². The van der Waals surface area contributed by atoms with E-state index in [1.165, 1.54) is 12.0 Å². The van der Waals surface area contributed by atoms with Gasteiger partial charge in [0.2, 0.25) is 0 Å². The molecule has 1 aromatic rings. The summed E-state index contributed by atoms with van der Waals surface area (Å²) in [6.45, 7) is 3.10. The van der Waals surface area contributed by atoms with Crippen molar-refractivity contribution in [2.75, 3.05) is 13.7 Å². The van der Waals surface area contributed by atoms with Crippen LogP contribution in [0.5, 0.6) is 0 Å². The third kappa shape index (κ3) is 2.71. The van der Waals surface area contributed by atoms with Crippen LogP contribution in [0.3, 0.4) is 0 Å². The second kappa shape index (κ2) is 6.05. The summed E-state index contributed by atoms with van der Waals surface area (Å²) in [4.78, 5) is 0. The molecule has 100 valence electrons. The predicted molar refractivity (Wildman–Crippen MR) is 76.2 cm³/mol. The third-order valence-corrected chi connectivity index (χ3v) is 4.44. The molecule has 0 amide bonds. The zero-order chi connectivity index (χ0) is 13.0. The summed E-state index contributed by atoms with van der Waals surface area (Å²) in [7, 11) is 1.83. The highest BCUT2D eigenvalue weighted by Crippen LogP contribution is 2.39. The highest BCUT2D eigenvalue weighted by atomic mass is 35.5. The van der Waals surface area contributed by atoms with Crippen molar-refractivity contribution in [3.63, 3.8) is 0 Å². The minimum Gasteiger partial charge on any atom is -0.377 e. The third-order valence-electron chi connectivity index (χ3n) is 4.07. The van der Waals surface area contributed by atoms with Gasteiger partial charge in [-0.15, -0.1) is 0 Å². The molecule has 2 nitrogen and oxygen atoms in total. The standard InChI is InChI=1S/C15H22ClNO/c1-3-17-14(15(18-2)9-6-10-15)11-12-7-4-5-8-13(12)16/h4-5,7-8,14,17H,3,6,9-11H2,1-2H3. The summed E-state index contributed by atoms with van der Waals surface area (Å²) in [5, 5.41) is 4.42. The molecule has 1 aromatic carbocycles. The van der Waals surface area contributed by atoms with Gasteiger partial charge in [0.25, 0.3) is 0 Å². The number of hydrogen-bond acceptors (Lipinski definition) is 2. The van der Waals surface area contributed by atoms with Crippen molar-refractivity contribution in [2.24, 2.45) is 0 Å². The summed E-state index contributed by atoms with van der Waals surface area (Å²) < 4.78 is 5.79. The van der Waals surface area contributed by atoms with Crippen LogP contribution in [0, 0.1) is 0 Å². The number of hydrogen-bond donors (Lipinski definition) is 1. The molecular weight excluding hydrogens is 246 g/mol. The van der Waals surface area contributed by atoms with Crippen molar-refractivity contribution in [3.05, 3.63) is 34.9 Å². The van der Waals surface area contributed by atoms with Gasteiger partial charge in [0.15, 0.2) is 0 Å². The normalized spacial score (nSPS) is 19.3. The molecule has 0 heterocycles. The van der Waals surface area contributed by atoms with Crippen LogP contribution in [0.15, 0.2) is 24.3 Å². The molecule has 1 saturated carbocycles. The Labute approximate surface area is 115 Å². The minimum absolute atomic E-state index is 0.00911. The molecule has 3 heteroatoms. The molecule has 1 aliphatic carbocycles. The van der Waals surface area contributed by atoms with Crippen molar-refractivity contribution in [1.82, 2.24) is 5.32 Å². The molecule has 18 heavy (non-hydrogen) atoms. The SMILES string of the molecule is CCNC(Cc1ccccc1Cl)C1(OC)CCC1. The minimum atomic E-state index is 0.00911. The van der Waals surface area contributed by atoms with Crippen molar-refractivity contribution in [2.45, 2.75) is 44.2 Å². The van der Waals surface area contributed by atoms with Crippen LogP contribution in [0.25, 0.3) is 0 Å². The van der Waals surface area contributed by atoms with Gasteiger partial charge in [0, 0.05) is 18.2 Å². The number of likely N-dealkylation sites (N-methyl/N-ethyl adjacent to an activating group) is 1. The average molecular weight is 268 g/mol. The molecule has 2 rings (SSSR count). The second-order valence-electron chi connectivity index (χ2n) is 5.03. The van der Waals surface area contributed by atoms with Gasteiger partial charge in [0.05, 0.1) is 5.60 Å². The Morgan fingerprint density at radius 1 is 1.39 bits per heavy atom. The van der Waals surface area contributed by atoms with Crippen molar-refractivity contribution >= 4 is 11.6 Å². The molecule has 0 radical (unpaired) electrons. The summed E-state index contributed by atoms with van der Waals surface area (Å²) >= 11 is 6.25. The van der Waals surface area contributed by atoms with Gasteiger partial charge in [-0.3, -0.25) is 0 Å². The van der Waals surface area contributed by atoms with Crippen LogP contribution in [0.1, 0.15) is 31.7 Å². The van der Waals surface area contributed by atoms with Crippen LogP contribution < -0.4 is 5.32 Å². The predicted octanol–water partition coefficient (Wildman–Crippen LogP) is 3.43. The first-order valence-electron chi connectivity index (χ1n) is 6.74. The molecule has 1 atom stereocenters. The number of benzene rings is 1. The van der Waals surface area contributed by atoms with E-state index in [9.17, 15) is 0 Å². The smallest absolute Gasteiger partial charge is 0.0834 e. The van der Waals surface area contributed by atoms with Gasteiger partial charge in [-0.1, -0.05) is 36.7 Å². The fourth-order valence-corrected chi connectivity index (χ4v) is 3.01. The van der Waals surface area contributed by atoms with Gasteiger partial charge in [-0.05, 0) is 43.9 Å². The zero-order valence-electron chi connectivity index (χ0n) is 11.2. The number of ether oxygens (including phenoxy) is 1. The number of halogens is 1. The van der Waals surface area contributed by atoms with Crippen LogP contribution in [-0.4, -0.2) is 25.3 Å². The Morgan fingerprint density at radius 2 is 2.11 bits per heavy atom. The topological polar surface area (TPSA) is 21.3 Å². The molecule has 0 aliphatic heterocycles. The Balaban J connectivity index is 2.14. The molecule has 1 fully saturated rings. The van der Waals surface area contributed by atoms with Crippen LogP contribution in [0.2, 0.25) is 5.02 Å². The zero-order valence-corrected chi connectivity index (χ0v) is 12.0. The number of rotatable bonds is 6. The lowest BCUT2D eigenvalue weighted by Crippen LogP contribution is -2.57. The first kappa shape index (κ1) is 13.9. The molecule has 0 spiro atoms. The molecule has 0 bridgehead atoms. The summed E-state index contributed by atoms with van der Waals surface area (Å²) in [6, 6.07) is 8.43. The van der Waals surface area contributed by atoms with Gasteiger partial charge < -0.3 is 10.1 Å². The van der Waals surface area contributed by atoms with Gasteiger partial charge in [0.1, 0.15) is 0 Å². The van der Waals surface area contributed by atoms with E-state index in [2.05, 4.69) is 18.3 Å². The average Bonchev–Trinajstić information content (AvgIpc) is 2.31. The van der Waals surface area contributed by atoms with E-state index < -0.39 is 0 Å². The largest absolute Gasteiger partial charge is 0.377 e. The van der Waals surface area contributed by atoms with E-state index in [1.807, 2.05) is 25.3 Å². The maximum absolute atomic E-state index is 6.25. The molecule has 0 saturated heterocycles. The van der Waals surface area contributed by atoms with Gasteiger partial charge >= 0.3 is 0 Å². The van der Waals surface area contributed by atoms with E-state index in [1.54, 1.807) is 0 Å². The van der Waals surface area contributed by atoms with E-state index in [-0.39, 0.29) is 5.60 Å². The Kier molecular flexibility index (Phi) is 4.66. The summed E-state index contributed by atoms with van der Waals surface area (Å²) in [5.74, 6) is 0. The molecule has 0 aromatic heterocycles. The molecule has 1 unspecified atom stereocenters. The van der Waals surface area contributed by atoms with E-state index in [0.717, 1.165) is 30.8 Å². The van der Waals surface area contributed by atoms with Crippen LogP contribution in [0.4, 0.5) is 0 Å². The second-order valence-corrected chi connectivity index (χ2v) is 5.44. The first-order valence-corrected chi connectivity index (χ1v) is 7.11. The Morgan fingerprint density at radius 3 is 2.61 bits per heavy atom. The van der Waals surface area contributed by atoms with E-state index in [0.29, 0.717) is 6.04 Å². The molecule has 1 aliphatic rings. The lowest BCUT2D eigenvalue weighted by atomic mass is 9.72. The lowest BCUT2D eigenvalue weighted by Gasteiger charge is -2.47. The lowest BCUT2D eigenvalue weighted by molar-refractivity contribution is -0.0978. The van der Waals surface area contributed by atoms with Gasteiger partial charge in [-0.2, -0.15) is 0 Å². The Hall–Kier alpha value is -0.570. The fourth-order valence-electron chi connectivity index (χ4n) is 2.79. The number of nitrogens with one attached hydrogen (secondary N) is 1. The first-order chi connectivity index (χ1) is 8.72. The maximum atomic E-state index is 6.25. The Bertz CT molecular complexity index is 384. The molecule has 1 N–H and O–H groups in total. The van der Waals surface area contributed by atoms with Crippen molar-refractivity contribution in [3.8, 4) is 0 Å². The van der Waals surface area contributed by atoms with E-state index in [4.69, 9.17) is 16.3 Å². The van der Waals surface area contributed by atoms with Crippen LogP contribution in [-0.2, 0) is 11.2 Å². The van der Waals surface area contributed by atoms with E-state index >= 15 is 0 Å². The monoisotopic (exact) mass is 267 g/mol. The summed E-state index contributed by atoms with van der Waals surface area (Å²) in [6.07, 6.45) is 4.48. The fraction of sp³-hybridized carbons (Fsp3) is 0.600.